The van der Waals surface area contributed by atoms with Crippen molar-refractivity contribution in [2.45, 2.75) is 22.4 Å². The summed E-state index contributed by atoms with van der Waals surface area (Å²) >= 11 is 0. The zero-order chi connectivity index (χ0) is 47.3. The van der Waals surface area contributed by atoms with E-state index < -0.39 is 22.4 Å². The number of aromatic hydroxyl groups is 2. The van der Waals surface area contributed by atoms with Gasteiger partial charge in [0.15, 0.2) is 0 Å². The minimum Gasteiger partial charge on any atom is -0.508 e. The Labute approximate surface area is 403 Å². The number of phenolic OH excluding ortho intramolecular Hbond substituents is 2. The van der Waals surface area contributed by atoms with Gasteiger partial charge in [-0.15, -0.1) is 0 Å². The van der Waals surface area contributed by atoms with Crippen molar-refractivity contribution in [2.75, 3.05) is 0 Å². The maximum Gasteiger partial charge on any atom is 0.141 e. The minimum atomic E-state index is -1.63. The van der Waals surface area contributed by atoms with Crippen LogP contribution in [0.25, 0.3) is 55.6 Å². The monoisotopic (exact) mass is 906 g/mol. The molecule has 0 saturated heterocycles. The summed E-state index contributed by atoms with van der Waals surface area (Å²) in [4.78, 5) is 0. The van der Waals surface area contributed by atoms with E-state index in [0.29, 0.717) is 33.4 Å². The van der Waals surface area contributed by atoms with Crippen molar-refractivity contribution in [3.63, 3.8) is 0 Å². The van der Waals surface area contributed by atoms with Gasteiger partial charge in [-0.3, -0.25) is 0 Å². The third-order valence-corrected chi connectivity index (χ3v) is 15.8. The zero-order valence-electron chi connectivity index (χ0n) is 37.5. The van der Waals surface area contributed by atoms with Gasteiger partial charge in [0, 0.05) is 44.5 Å². The van der Waals surface area contributed by atoms with Gasteiger partial charge >= 0.3 is 0 Å². The van der Waals surface area contributed by atoms with Gasteiger partial charge in [0.25, 0.3) is 0 Å². The van der Waals surface area contributed by atoms with E-state index in [4.69, 9.17) is 0 Å². The van der Waals surface area contributed by atoms with Crippen molar-refractivity contribution in [1.82, 2.24) is 0 Å². The lowest BCUT2D eigenvalue weighted by molar-refractivity contribution is 0.128. The van der Waals surface area contributed by atoms with E-state index >= 15 is 0 Å². The molecule has 0 fully saturated rings. The molecular weight excluding hydrogens is 865 g/mol. The minimum absolute atomic E-state index is 0.0829. The van der Waals surface area contributed by atoms with E-state index in [2.05, 4.69) is 24.3 Å². The largest absolute Gasteiger partial charge is 0.508 e. The van der Waals surface area contributed by atoms with Crippen LogP contribution in [0.3, 0.4) is 0 Å². The Morgan fingerprint density at radius 3 is 0.843 bits per heavy atom. The van der Waals surface area contributed by atoms with Crippen LogP contribution in [0, 0.1) is 0 Å². The van der Waals surface area contributed by atoms with Crippen LogP contribution in [0.2, 0.25) is 0 Å². The molecule has 0 spiro atoms. The molecule has 0 heterocycles. The van der Waals surface area contributed by atoms with E-state index in [0.717, 1.165) is 89.0 Å². The van der Waals surface area contributed by atoms with Gasteiger partial charge in [-0.2, -0.15) is 0 Å². The SMILES string of the molecule is Oc1ccc(C2(O)c3ccccc3-c3cc4c(cc32)-c2cc(-c3ccc5c(c3)-c3cc6c(cc3C5(O)c3ccccc3)-c3ccccc3C6(O)c3ccccc3)ccc2C4(O)c2ccc(O)cc2)cc1. The van der Waals surface area contributed by atoms with Gasteiger partial charge in [-0.1, -0.05) is 158 Å². The van der Waals surface area contributed by atoms with Crippen molar-refractivity contribution in [3.8, 4) is 67.1 Å². The summed E-state index contributed by atoms with van der Waals surface area (Å²) in [6.07, 6.45) is 0. The van der Waals surface area contributed by atoms with Crippen LogP contribution >= 0.6 is 0 Å². The van der Waals surface area contributed by atoms with Crippen LogP contribution in [-0.2, 0) is 22.4 Å². The molecule has 0 aliphatic heterocycles. The second kappa shape index (κ2) is 14.1. The quantitative estimate of drug-likeness (QED) is 0.102. The van der Waals surface area contributed by atoms with Crippen molar-refractivity contribution in [3.05, 3.63) is 285 Å². The average Bonchev–Trinajstić information content (AvgIpc) is 4.02. The maximum absolute atomic E-state index is 13.3. The highest BCUT2D eigenvalue weighted by atomic mass is 16.3. The first-order chi connectivity index (χ1) is 34.0. The molecule has 334 valence electrons. The fraction of sp³-hybridized carbons (Fsp3) is 0.0625. The highest BCUT2D eigenvalue weighted by Crippen LogP contribution is 2.61. The van der Waals surface area contributed by atoms with Gasteiger partial charge in [0.05, 0.1) is 0 Å². The number of hydrogen-bond acceptors (Lipinski definition) is 6. The van der Waals surface area contributed by atoms with E-state index in [1.807, 2.05) is 146 Å². The molecule has 4 aliphatic carbocycles. The summed E-state index contributed by atoms with van der Waals surface area (Å²) in [5, 5.41) is 73.4. The van der Waals surface area contributed by atoms with Gasteiger partial charge in [0.2, 0.25) is 0 Å². The lowest BCUT2D eigenvalue weighted by atomic mass is 9.81. The summed E-state index contributed by atoms with van der Waals surface area (Å²) in [7, 11) is 0. The topological polar surface area (TPSA) is 121 Å². The summed E-state index contributed by atoms with van der Waals surface area (Å²) in [6, 6.07) is 68.9. The van der Waals surface area contributed by atoms with Crippen LogP contribution in [0.15, 0.2) is 218 Å². The molecule has 6 nitrogen and oxygen atoms in total. The molecule has 10 aromatic rings. The fourth-order valence-corrected chi connectivity index (χ4v) is 12.5. The van der Waals surface area contributed by atoms with E-state index in [9.17, 15) is 30.6 Å². The summed E-state index contributed by atoms with van der Waals surface area (Å²) in [5.41, 5.74) is 10.5. The summed E-state index contributed by atoms with van der Waals surface area (Å²) in [6.45, 7) is 0. The normalized spacial score (nSPS) is 21.5. The summed E-state index contributed by atoms with van der Waals surface area (Å²) < 4.78 is 0. The second-order valence-corrected chi connectivity index (χ2v) is 19.2. The molecule has 0 aromatic heterocycles. The number of aliphatic hydroxyl groups is 4. The van der Waals surface area contributed by atoms with Crippen molar-refractivity contribution in [1.29, 1.82) is 0 Å². The molecule has 4 unspecified atom stereocenters. The smallest absolute Gasteiger partial charge is 0.141 e. The zero-order valence-corrected chi connectivity index (χ0v) is 37.5. The van der Waals surface area contributed by atoms with Gasteiger partial charge < -0.3 is 30.6 Å². The number of benzene rings is 10. The molecule has 10 aromatic carbocycles. The molecule has 6 N–H and O–H groups in total. The third kappa shape index (κ3) is 5.15. The molecule has 0 amide bonds. The van der Waals surface area contributed by atoms with Crippen LogP contribution < -0.4 is 0 Å². The van der Waals surface area contributed by atoms with Crippen molar-refractivity contribution in [2.24, 2.45) is 0 Å². The Kier molecular flexibility index (Phi) is 8.20. The van der Waals surface area contributed by atoms with Gasteiger partial charge in [-0.25, -0.2) is 0 Å². The van der Waals surface area contributed by atoms with Crippen LogP contribution in [0.4, 0.5) is 0 Å². The molecule has 70 heavy (non-hydrogen) atoms. The molecule has 14 rings (SSSR count). The Morgan fingerprint density at radius 2 is 0.486 bits per heavy atom. The van der Waals surface area contributed by atoms with Crippen LogP contribution in [-0.4, -0.2) is 30.6 Å². The highest BCUT2D eigenvalue weighted by Gasteiger charge is 2.51. The van der Waals surface area contributed by atoms with E-state index in [-0.39, 0.29) is 11.5 Å². The van der Waals surface area contributed by atoms with Gasteiger partial charge in [-0.05, 0) is 139 Å². The van der Waals surface area contributed by atoms with Crippen LogP contribution in [0.1, 0.15) is 66.8 Å². The Balaban J connectivity index is 0.982. The van der Waals surface area contributed by atoms with Gasteiger partial charge in [0.1, 0.15) is 33.9 Å². The van der Waals surface area contributed by atoms with Crippen molar-refractivity contribution < 1.29 is 30.6 Å². The van der Waals surface area contributed by atoms with Crippen LogP contribution in [0.5, 0.6) is 11.5 Å². The number of hydrogen-bond donors (Lipinski definition) is 6. The molecule has 6 heteroatoms. The van der Waals surface area contributed by atoms with E-state index in [1.54, 1.807) is 48.5 Å². The lowest BCUT2D eigenvalue weighted by Crippen LogP contribution is -2.27. The first-order valence-electron chi connectivity index (χ1n) is 23.5. The molecular formula is C64H42O6. The number of rotatable bonds is 5. The number of fused-ring (bicyclic) bond motifs is 12. The predicted octanol–water partition coefficient (Wildman–Crippen LogP) is 11.8. The standard InChI is InChI=1S/C64H42O6/c65-43-25-21-41(22-26-43)63(69)54-18-10-8-16-46(54)50-34-60-52(36-58(50)63)48-32-38(20-30-56(48)64(60,70)42-23-27-44(66)28-24-42)37-19-29-55-47(31-37)51-35-57-49(33-59(51)62(55,68)40-13-5-2-6-14-40)45-15-7-9-17-53(45)61(57,67)39-11-3-1-4-12-39/h1-36,65-70H. The Bertz CT molecular complexity index is 3850. The second-order valence-electron chi connectivity index (χ2n) is 19.2. The summed E-state index contributed by atoms with van der Waals surface area (Å²) in [5.74, 6) is 0.177. The highest BCUT2D eigenvalue weighted by molar-refractivity contribution is 5.95. The average molecular weight is 907 g/mol. The fourth-order valence-electron chi connectivity index (χ4n) is 12.5. The molecule has 0 bridgehead atoms. The maximum atomic E-state index is 13.3. The van der Waals surface area contributed by atoms with Crippen molar-refractivity contribution >= 4 is 0 Å². The molecule has 4 aliphatic rings. The molecule has 0 radical (unpaired) electrons. The Morgan fingerprint density at radius 1 is 0.214 bits per heavy atom. The molecule has 4 atom stereocenters. The van der Waals surface area contributed by atoms with E-state index in [1.165, 1.54) is 0 Å². The Hall–Kier alpha value is -8.36. The number of phenols is 2. The lowest BCUT2D eigenvalue weighted by Gasteiger charge is -2.28. The first-order valence-corrected chi connectivity index (χ1v) is 23.5. The first kappa shape index (κ1) is 40.7. The predicted molar refractivity (Wildman–Crippen MR) is 271 cm³/mol. The third-order valence-electron chi connectivity index (χ3n) is 15.8. The molecule has 0 saturated carbocycles.